The van der Waals surface area contributed by atoms with E-state index in [4.69, 9.17) is 0 Å². The summed E-state index contributed by atoms with van der Waals surface area (Å²) in [5.74, 6) is -0.180. The molecule has 0 heterocycles. The lowest BCUT2D eigenvalue weighted by molar-refractivity contribution is -0.124. The minimum absolute atomic E-state index is 0.102. The number of rotatable bonds is 4. The Bertz CT molecular complexity index is 297. The van der Waals surface area contributed by atoms with Gasteiger partial charge in [-0.05, 0) is 26.0 Å². The van der Waals surface area contributed by atoms with Crippen molar-refractivity contribution < 1.29 is 9.90 Å². The van der Waals surface area contributed by atoms with Gasteiger partial charge in [0.1, 0.15) is 6.10 Å². The number of benzene rings is 1. The van der Waals surface area contributed by atoms with E-state index >= 15 is 0 Å². The van der Waals surface area contributed by atoms with Crippen LogP contribution in [0.2, 0.25) is 0 Å². The Labute approximate surface area is 88.3 Å². The van der Waals surface area contributed by atoms with Crippen molar-refractivity contribution in [3.8, 4) is 0 Å². The molecule has 0 bridgehead atoms. The largest absolute Gasteiger partial charge is 0.384 e. The predicted octanol–water partition coefficient (Wildman–Crippen LogP) is 2.12. The van der Waals surface area contributed by atoms with E-state index in [-0.39, 0.29) is 11.0 Å². The molecule has 2 nitrogen and oxygen atoms in total. The van der Waals surface area contributed by atoms with Gasteiger partial charge in [-0.1, -0.05) is 18.2 Å². The Morgan fingerprint density at radius 2 is 1.93 bits per heavy atom. The highest BCUT2D eigenvalue weighted by Gasteiger charge is 2.19. The fraction of sp³-hybridized carbons (Fsp3) is 0.364. The molecule has 0 saturated carbocycles. The molecular formula is C11H14O2S. The van der Waals surface area contributed by atoms with Crippen LogP contribution in [0.25, 0.3) is 0 Å². The maximum Gasteiger partial charge on any atom is 0.159 e. The predicted molar refractivity (Wildman–Crippen MR) is 58.4 cm³/mol. The van der Waals surface area contributed by atoms with E-state index in [9.17, 15) is 9.90 Å². The van der Waals surface area contributed by atoms with Crippen LogP contribution in [0.4, 0.5) is 0 Å². The molecule has 1 aromatic rings. The highest BCUT2D eigenvalue weighted by molar-refractivity contribution is 8.00. The first-order valence-corrected chi connectivity index (χ1v) is 5.39. The van der Waals surface area contributed by atoms with E-state index in [0.29, 0.717) is 0 Å². The summed E-state index contributed by atoms with van der Waals surface area (Å²) >= 11 is 1.51. The average molecular weight is 210 g/mol. The molecule has 76 valence electrons. The van der Waals surface area contributed by atoms with E-state index in [1.54, 1.807) is 0 Å². The van der Waals surface area contributed by atoms with Crippen molar-refractivity contribution in [2.75, 3.05) is 0 Å². The highest BCUT2D eigenvalue weighted by Crippen LogP contribution is 2.24. The van der Waals surface area contributed by atoms with Gasteiger partial charge < -0.3 is 5.11 Å². The number of ketones is 1. The molecular weight excluding hydrogens is 196 g/mol. The summed E-state index contributed by atoms with van der Waals surface area (Å²) in [6.45, 7) is 3.26. The number of aliphatic hydroxyl groups is 1. The Kier molecular flexibility index (Phi) is 4.17. The number of hydrogen-bond acceptors (Lipinski definition) is 3. The first-order valence-electron chi connectivity index (χ1n) is 4.51. The number of hydrogen-bond donors (Lipinski definition) is 1. The zero-order chi connectivity index (χ0) is 10.6. The topological polar surface area (TPSA) is 37.3 Å². The van der Waals surface area contributed by atoms with Gasteiger partial charge in [0.05, 0.1) is 0 Å². The van der Waals surface area contributed by atoms with Gasteiger partial charge in [0, 0.05) is 10.1 Å². The fourth-order valence-corrected chi connectivity index (χ4v) is 2.17. The molecule has 0 fully saturated rings. The van der Waals surface area contributed by atoms with Crippen LogP contribution in [0.1, 0.15) is 13.8 Å². The third-order valence-electron chi connectivity index (χ3n) is 1.93. The SMILES string of the molecule is CC(=O)[C@@H](O)[C@@H](C)Sc1ccccc1. The molecule has 0 saturated heterocycles. The third kappa shape index (κ3) is 3.16. The normalized spacial score (nSPS) is 14.8. The Morgan fingerprint density at radius 1 is 1.36 bits per heavy atom. The van der Waals surface area contributed by atoms with E-state index in [1.165, 1.54) is 18.7 Å². The quantitative estimate of drug-likeness (QED) is 0.773. The Hall–Kier alpha value is -0.800. The van der Waals surface area contributed by atoms with Crippen molar-refractivity contribution in [3.63, 3.8) is 0 Å². The van der Waals surface area contributed by atoms with Crippen molar-refractivity contribution in [2.45, 2.75) is 30.1 Å². The summed E-state index contributed by atoms with van der Waals surface area (Å²) in [4.78, 5) is 12.0. The summed E-state index contributed by atoms with van der Waals surface area (Å²) in [5.41, 5.74) is 0. The second kappa shape index (κ2) is 5.17. The minimum atomic E-state index is -0.875. The van der Waals surface area contributed by atoms with Crippen LogP contribution in [-0.4, -0.2) is 22.2 Å². The summed E-state index contributed by atoms with van der Waals surface area (Å²) < 4.78 is 0. The first kappa shape index (κ1) is 11.3. The van der Waals surface area contributed by atoms with Crippen LogP contribution in [0.5, 0.6) is 0 Å². The van der Waals surface area contributed by atoms with Crippen molar-refractivity contribution in [1.82, 2.24) is 0 Å². The zero-order valence-electron chi connectivity index (χ0n) is 8.31. The number of carbonyl (C=O) groups is 1. The molecule has 1 N–H and O–H groups in total. The lowest BCUT2D eigenvalue weighted by Gasteiger charge is -2.15. The van der Waals surface area contributed by atoms with Crippen LogP contribution in [-0.2, 0) is 4.79 Å². The van der Waals surface area contributed by atoms with Gasteiger partial charge in [0.15, 0.2) is 5.78 Å². The first-order chi connectivity index (χ1) is 6.61. The smallest absolute Gasteiger partial charge is 0.159 e. The number of thioether (sulfide) groups is 1. The zero-order valence-corrected chi connectivity index (χ0v) is 9.12. The Morgan fingerprint density at radius 3 is 2.43 bits per heavy atom. The average Bonchev–Trinajstić information content (AvgIpc) is 2.18. The van der Waals surface area contributed by atoms with Crippen LogP contribution in [0, 0.1) is 0 Å². The second-order valence-electron chi connectivity index (χ2n) is 3.19. The molecule has 0 radical (unpaired) electrons. The lowest BCUT2D eigenvalue weighted by Crippen LogP contribution is -2.27. The van der Waals surface area contributed by atoms with Crippen LogP contribution >= 0.6 is 11.8 Å². The molecule has 1 rings (SSSR count). The molecule has 0 aliphatic rings. The maximum atomic E-state index is 10.9. The summed E-state index contributed by atoms with van der Waals surface area (Å²) in [6, 6.07) is 9.75. The molecule has 0 aliphatic heterocycles. The lowest BCUT2D eigenvalue weighted by atomic mass is 10.2. The summed E-state index contributed by atoms with van der Waals surface area (Å²) in [7, 11) is 0. The fourth-order valence-electron chi connectivity index (χ4n) is 1.11. The number of aliphatic hydroxyl groups excluding tert-OH is 1. The van der Waals surface area contributed by atoms with Gasteiger partial charge in [0.25, 0.3) is 0 Å². The molecule has 0 aliphatic carbocycles. The van der Waals surface area contributed by atoms with Crippen molar-refractivity contribution in [1.29, 1.82) is 0 Å². The van der Waals surface area contributed by atoms with Crippen LogP contribution in [0.15, 0.2) is 35.2 Å². The molecule has 0 aromatic heterocycles. The van der Waals surface area contributed by atoms with E-state index in [0.717, 1.165) is 4.90 Å². The summed E-state index contributed by atoms with van der Waals surface area (Å²) in [5, 5.41) is 9.38. The van der Waals surface area contributed by atoms with Crippen LogP contribution < -0.4 is 0 Å². The van der Waals surface area contributed by atoms with Gasteiger partial charge in [-0.15, -0.1) is 11.8 Å². The van der Waals surface area contributed by atoms with Gasteiger partial charge in [0.2, 0.25) is 0 Å². The molecule has 1 aromatic carbocycles. The molecule has 2 atom stereocenters. The van der Waals surface area contributed by atoms with Crippen molar-refractivity contribution >= 4 is 17.5 Å². The molecule has 0 amide bonds. The molecule has 0 unspecified atom stereocenters. The maximum absolute atomic E-state index is 10.9. The monoisotopic (exact) mass is 210 g/mol. The minimum Gasteiger partial charge on any atom is -0.384 e. The van der Waals surface area contributed by atoms with Crippen molar-refractivity contribution in [2.24, 2.45) is 0 Å². The van der Waals surface area contributed by atoms with Crippen LogP contribution in [0.3, 0.4) is 0 Å². The van der Waals surface area contributed by atoms with E-state index < -0.39 is 6.10 Å². The van der Waals surface area contributed by atoms with Gasteiger partial charge >= 0.3 is 0 Å². The van der Waals surface area contributed by atoms with E-state index in [2.05, 4.69) is 0 Å². The summed E-state index contributed by atoms with van der Waals surface area (Å²) in [6.07, 6.45) is -0.875. The standard InChI is InChI=1S/C11H14O2S/c1-8(12)11(13)9(2)14-10-6-4-3-5-7-10/h3-7,9,11,13H,1-2H3/t9-,11-/m1/s1. The number of carbonyl (C=O) groups excluding carboxylic acids is 1. The van der Waals surface area contributed by atoms with Gasteiger partial charge in [-0.3, -0.25) is 4.79 Å². The third-order valence-corrected chi connectivity index (χ3v) is 3.10. The Balaban J connectivity index is 2.57. The molecule has 3 heteroatoms. The molecule has 0 spiro atoms. The molecule has 14 heavy (non-hydrogen) atoms. The second-order valence-corrected chi connectivity index (χ2v) is 4.64. The number of Topliss-reactive ketones (excluding diaryl/α,β-unsaturated/α-hetero) is 1. The van der Waals surface area contributed by atoms with Gasteiger partial charge in [-0.2, -0.15) is 0 Å². The van der Waals surface area contributed by atoms with Crippen molar-refractivity contribution in [3.05, 3.63) is 30.3 Å². The van der Waals surface area contributed by atoms with E-state index in [1.807, 2.05) is 37.3 Å². The van der Waals surface area contributed by atoms with Gasteiger partial charge in [-0.25, -0.2) is 0 Å². The highest BCUT2D eigenvalue weighted by atomic mass is 32.2.